The highest BCUT2D eigenvalue weighted by Gasteiger charge is 2.04. The summed E-state index contributed by atoms with van der Waals surface area (Å²) in [7, 11) is 0. The second-order valence-electron chi connectivity index (χ2n) is 3.40. The number of rotatable bonds is 3. The van der Waals surface area contributed by atoms with Crippen LogP contribution in [-0.4, -0.2) is 9.97 Å². The molecule has 0 aliphatic heterocycles. The van der Waals surface area contributed by atoms with Gasteiger partial charge >= 0.3 is 0 Å². The van der Waals surface area contributed by atoms with Crippen molar-refractivity contribution >= 4 is 27.8 Å². The van der Waals surface area contributed by atoms with E-state index in [1.54, 1.807) is 22.7 Å². The third-order valence-electron chi connectivity index (χ3n) is 2.09. The molecule has 0 amide bonds. The minimum Gasteiger partial charge on any atom is -0.355 e. The minimum atomic E-state index is 0.769. The number of thiazole rings is 2. The zero-order valence-electron chi connectivity index (χ0n) is 9.00. The first-order valence-electron chi connectivity index (χ1n) is 4.74. The summed E-state index contributed by atoms with van der Waals surface area (Å²) in [5, 5.41) is 7.45. The Bertz CT molecular complexity index is 439. The zero-order chi connectivity index (χ0) is 10.8. The van der Waals surface area contributed by atoms with Crippen LogP contribution in [0.5, 0.6) is 0 Å². The fourth-order valence-electron chi connectivity index (χ4n) is 1.18. The summed E-state index contributed by atoms with van der Waals surface area (Å²) in [6.45, 7) is 6.90. The molecule has 0 spiro atoms. The maximum atomic E-state index is 4.42. The van der Waals surface area contributed by atoms with E-state index in [1.807, 2.05) is 13.8 Å². The lowest BCUT2D eigenvalue weighted by Gasteiger charge is -1.97. The smallest absolute Gasteiger partial charge is 0.183 e. The van der Waals surface area contributed by atoms with Crippen molar-refractivity contribution in [3.05, 3.63) is 26.7 Å². The van der Waals surface area contributed by atoms with Crippen LogP contribution in [-0.2, 0) is 6.54 Å². The van der Waals surface area contributed by atoms with Crippen molar-refractivity contribution in [2.45, 2.75) is 27.3 Å². The van der Waals surface area contributed by atoms with E-state index in [0.717, 1.165) is 28.1 Å². The predicted octanol–water partition coefficient (Wildman–Crippen LogP) is 3.14. The van der Waals surface area contributed by atoms with E-state index in [0.29, 0.717) is 0 Å². The summed E-state index contributed by atoms with van der Waals surface area (Å²) in [5.41, 5.74) is 2.20. The molecule has 5 heteroatoms. The third kappa shape index (κ3) is 2.54. The Kier molecular flexibility index (Phi) is 3.02. The van der Waals surface area contributed by atoms with Crippen LogP contribution < -0.4 is 5.32 Å². The molecule has 0 fully saturated rings. The van der Waals surface area contributed by atoms with Gasteiger partial charge in [-0.15, -0.1) is 22.7 Å². The second-order valence-corrected chi connectivity index (χ2v) is 5.54. The lowest BCUT2D eigenvalue weighted by atomic mass is 10.4. The van der Waals surface area contributed by atoms with Crippen LogP contribution in [0.1, 0.15) is 21.3 Å². The minimum absolute atomic E-state index is 0.769. The van der Waals surface area contributed by atoms with E-state index in [-0.39, 0.29) is 0 Å². The summed E-state index contributed by atoms with van der Waals surface area (Å²) >= 11 is 3.38. The summed E-state index contributed by atoms with van der Waals surface area (Å²) in [5.74, 6) is 0. The van der Waals surface area contributed by atoms with Crippen LogP contribution >= 0.6 is 22.7 Å². The zero-order valence-corrected chi connectivity index (χ0v) is 10.6. The number of nitrogens with one attached hydrogen (secondary N) is 1. The van der Waals surface area contributed by atoms with Crippen molar-refractivity contribution in [1.29, 1.82) is 0 Å². The highest BCUT2D eigenvalue weighted by atomic mass is 32.1. The molecule has 0 saturated carbocycles. The third-order valence-corrected chi connectivity index (χ3v) is 4.08. The molecule has 0 radical (unpaired) electrons. The van der Waals surface area contributed by atoms with Gasteiger partial charge in [0.1, 0.15) is 5.01 Å². The normalized spacial score (nSPS) is 10.6. The average molecular weight is 239 g/mol. The molecule has 2 rings (SSSR count). The van der Waals surface area contributed by atoms with Gasteiger partial charge in [0.05, 0.1) is 12.2 Å². The maximum absolute atomic E-state index is 4.42. The molecule has 0 atom stereocenters. The topological polar surface area (TPSA) is 37.8 Å². The average Bonchev–Trinajstić information content (AvgIpc) is 2.72. The molecule has 15 heavy (non-hydrogen) atoms. The van der Waals surface area contributed by atoms with Gasteiger partial charge in [0.25, 0.3) is 0 Å². The highest BCUT2D eigenvalue weighted by molar-refractivity contribution is 7.15. The van der Waals surface area contributed by atoms with Gasteiger partial charge in [-0.25, -0.2) is 9.97 Å². The van der Waals surface area contributed by atoms with E-state index >= 15 is 0 Å². The van der Waals surface area contributed by atoms with Gasteiger partial charge in [0.2, 0.25) is 0 Å². The molecule has 0 aromatic carbocycles. The Morgan fingerprint density at radius 2 is 2.07 bits per heavy atom. The lowest BCUT2D eigenvalue weighted by molar-refractivity contribution is 1.06. The van der Waals surface area contributed by atoms with Crippen LogP contribution in [0.2, 0.25) is 0 Å². The van der Waals surface area contributed by atoms with Crippen LogP contribution in [0, 0.1) is 20.8 Å². The first-order valence-corrected chi connectivity index (χ1v) is 6.43. The highest BCUT2D eigenvalue weighted by Crippen LogP contribution is 2.22. The number of nitrogens with zero attached hydrogens (tertiary/aromatic N) is 2. The van der Waals surface area contributed by atoms with Crippen molar-refractivity contribution in [1.82, 2.24) is 9.97 Å². The SMILES string of the molecule is Cc1csc(CNc2nc(C)c(C)s2)n1. The molecule has 0 saturated heterocycles. The molecule has 0 bridgehead atoms. The Hall–Kier alpha value is -0.940. The Morgan fingerprint density at radius 3 is 2.60 bits per heavy atom. The predicted molar refractivity (Wildman–Crippen MR) is 65.8 cm³/mol. The molecule has 0 unspecified atom stereocenters. The molecule has 0 aliphatic carbocycles. The first kappa shape index (κ1) is 10.6. The summed E-state index contributed by atoms with van der Waals surface area (Å²) in [6, 6.07) is 0. The van der Waals surface area contributed by atoms with Crippen molar-refractivity contribution in [2.24, 2.45) is 0 Å². The van der Waals surface area contributed by atoms with Gasteiger partial charge in [0.15, 0.2) is 5.13 Å². The molecule has 3 nitrogen and oxygen atoms in total. The van der Waals surface area contributed by atoms with E-state index in [2.05, 4.69) is 27.6 Å². The van der Waals surface area contributed by atoms with Gasteiger partial charge < -0.3 is 5.32 Å². The standard InChI is InChI=1S/C10H13N3S2/c1-6-5-14-9(12-6)4-11-10-13-7(2)8(3)15-10/h5H,4H2,1-3H3,(H,11,13). The molecule has 0 aliphatic rings. The number of aryl methyl sites for hydroxylation is 3. The van der Waals surface area contributed by atoms with Crippen molar-refractivity contribution in [3.63, 3.8) is 0 Å². The molecular formula is C10H13N3S2. The van der Waals surface area contributed by atoms with Crippen molar-refractivity contribution < 1.29 is 0 Å². The Balaban J connectivity index is 1.99. The van der Waals surface area contributed by atoms with E-state index in [9.17, 15) is 0 Å². The first-order chi connectivity index (χ1) is 7.15. The monoisotopic (exact) mass is 239 g/mol. The molecule has 2 aromatic rings. The van der Waals surface area contributed by atoms with E-state index < -0.39 is 0 Å². The quantitative estimate of drug-likeness (QED) is 0.894. The summed E-state index contributed by atoms with van der Waals surface area (Å²) in [6.07, 6.45) is 0. The van der Waals surface area contributed by atoms with Gasteiger partial charge in [-0.3, -0.25) is 0 Å². The molecule has 1 N–H and O–H groups in total. The number of hydrogen-bond acceptors (Lipinski definition) is 5. The van der Waals surface area contributed by atoms with Crippen LogP contribution in [0.4, 0.5) is 5.13 Å². The maximum Gasteiger partial charge on any atom is 0.183 e. The Morgan fingerprint density at radius 1 is 1.27 bits per heavy atom. The van der Waals surface area contributed by atoms with Crippen LogP contribution in [0.25, 0.3) is 0 Å². The van der Waals surface area contributed by atoms with Gasteiger partial charge in [-0.05, 0) is 20.8 Å². The molecule has 80 valence electrons. The van der Waals surface area contributed by atoms with Gasteiger partial charge in [-0.1, -0.05) is 0 Å². The molecule has 2 aromatic heterocycles. The fourth-order valence-corrected chi connectivity index (χ4v) is 2.71. The van der Waals surface area contributed by atoms with Crippen molar-refractivity contribution in [3.8, 4) is 0 Å². The van der Waals surface area contributed by atoms with Crippen LogP contribution in [0.15, 0.2) is 5.38 Å². The largest absolute Gasteiger partial charge is 0.355 e. The lowest BCUT2D eigenvalue weighted by Crippen LogP contribution is -1.98. The van der Waals surface area contributed by atoms with Crippen molar-refractivity contribution in [2.75, 3.05) is 5.32 Å². The summed E-state index contributed by atoms with van der Waals surface area (Å²) in [4.78, 5) is 10.1. The van der Waals surface area contributed by atoms with E-state index in [4.69, 9.17) is 0 Å². The van der Waals surface area contributed by atoms with Crippen LogP contribution in [0.3, 0.4) is 0 Å². The Labute approximate surface area is 97.2 Å². The van der Waals surface area contributed by atoms with Gasteiger partial charge in [0, 0.05) is 16.0 Å². The fraction of sp³-hybridized carbons (Fsp3) is 0.400. The van der Waals surface area contributed by atoms with E-state index in [1.165, 1.54) is 4.88 Å². The second kappa shape index (κ2) is 4.28. The summed E-state index contributed by atoms with van der Waals surface area (Å²) < 4.78 is 0. The van der Waals surface area contributed by atoms with Gasteiger partial charge in [-0.2, -0.15) is 0 Å². The molecule has 2 heterocycles. The molecular weight excluding hydrogens is 226 g/mol. The number of hydrogen-bond donors (Lipinski definition) is 1. The number of aromatic nitrogens is 2. The number of anilines is 1.